The number of halogens is 2. The first-order chi connectivity index (χ1) is 7.45. The zero-order valence-corrected chi connectivity index (χ0v) is 10.6. The fourth-order valence-corrected chi connectivity index (χ4v) is 3.07. The van der Waals surface area contributed by atoms with Crippen LogP contribution in [0.4, 0.5) is 0 Å². The van der Waals surface area contributed by atoms with E-state index in [1.165, 1.54) is 19.2 Å². The number of nitriles is 1. The van der Waals surface area contributed by atoms with Crippen molar-refractivity contribution in [3.63, 3.8) is 0 Å². The summed E-state index contributed by atoms with van der Waals surface area (Å²) in [5.74, 6) is -0.0584. The molecule has 0 amide bonds. The topological polar surface area (TPSA) is 70.8 Å². The van der Waals surface area contributed by atoms with E-state index in [0.717, 1.165) is 0 Å². The second-order valence-electron chi connectivity index (χ2n) is 3.10. The van der Waals surface area contributed by atoms with E-state index >= 15 is 0 Å². The predicted molar refractivity (Wildman–Crippen MR) is 61.3 cm³/mol. The third-order valence-electron chi connectivity index (χ3n) is 1.99. The Morgan fingerprint density at radius 2 is 2.25 bits per heavy atom. The monoisotopic (exact) mass is 278 g/mol. The van der Waals surface area contributed by atoms with Gasteiger partial charge < -0.3 is 0 Å². The second-order valence-corrected chi connectivity index (χ2v) is 6.07. The highest BCUT2D eigenvalue weighted by molar-refractivity contribution is 7.92. The van der Waals surface area contributed by atoms with Crippen molar-refractivity contribution in [3.8, 4) is 6.07 Å². The molecule has 0 aliphatic carbocycles. The molecular formula is C9H8Cl2N2O2S. The lowest BCUT2D eigenvalue weighted by Crippen LogP contribution is -2.21. The molecule has 1 unspecified atom stereocenters. The minimum Gasteiger partial charge on any atom is -0.243 e. The van der Waals surface area contributed by atoms with Crippen LogP contribution in [-0.4, -0.2) is 24.5 Å². The average Bonchev–Trinajstić information content (AvgIpc) is 2.27. The summed E-state index contributed by atoms with van der Waals surface area (Å²) in [6.07, 6.45) is 1.23. The molecule has 0 spiro atoms. The Balaban J connectivity index is 3.42. The van der Waals surface area contributed by atoms with Gasteiger partial charge in [0.25, 0.3) is 0 Å². The molecule has 1 aromatic heterocycles. The molecule has 86 valence electrons. The molecule has 0 fully saturated rings. The third-order valence-corrected chi connectivity index (χ3v) is 5.21. The molecule has 0 radical (unpaired) electrons. The average molecular weight is 279 g/mol. The van der Waals surface area contributed by atoms with Gasteiger partial charge in [-0.05, 0) is 13.0 Å². The molecule has 1 atom stereocenters. The van der Waals surface area contributed by atoms with Crippen LogP contribution in [0.15, 0.2) is 17.3 Å². The molecule has 0 aliphatic heterocycles. The van der Waals surface area contributed by atoms with E-state index in [9.17, 15) is 8.42 Å². The van der Waals surface area contributed by atoms with E-state index < -0.39 is 15.1 Å². The molecule has 0 aromatic carbocycles. The van der Waals surface area contributed by atoms with Crippen LogP contribution >= 0.6 is 23.2 Å². The van der Waals surface area contributed by atoms with E-state index in [1.807, 2.05) is 0 Å². The lowest BCUT2D eigenvalue weighted by molar-refractivity contribution is 0.584. The van der Waals surface area contributed by atoms with Crippen molar-refractivity contribution in [2.75, 3.05) is 5.88 Å². The van der Waals surface area contributed by atoms with Crippen LogP contribution < -0.4 is 0 Å². The SMILES string of the molecule is CC(CCl)S(=O)(=O)c1nccc(C#N)c1Cl. The van der Waals surface area contributed by atoms with Gasteiger partial charge in [0.2, 0.25) is 9.84 Å². The molecule has 0 saturated heterocycles. The molecule has 0 aliphatic rings. The zero-order chi connectivity index (χ0) is 12.3. The van der Waals surface area contributed by atoms with Gasteiger partial charge in [-0.2, -0.15) is 5.26 Å². The van der Waals surface area contributed by atoms with Crippen molar-refractivity contribution >= 4 is 33.0 Å². The summed E-state index contributed by atoms with van der Waals surface area (Å²) in [7, 11) is -3.68. The van der Waals surface area contributed by atoms with Crippen LogP contribution in [0.3, 0.4) is 0 Å². The number of alkyl halides is 1. The van der Waals surface area contributed by atoms with Crippen molar-refractivity contribution in [2.24, 2.45) is 0 Å². The first kappa shape index (κ1) is 13.2. The van der Waals surface area contributed by atoms with Crippen molar-refractivity contribution in [3.05, 3.63) is 22.8 Å². The number of aromatic nitrogens is 1. The number of pyridine rings is 1. The number of nitrogens with zero attached hydrogens (tertiary/aromatic N) is 2. The summed E-state index contributed by atoms with van der Waals surface area (Å²) in [4.78, 5) is 3.70. The number of rotatable bonds is 3. The van der Waals surface area contributed by atoms with Crippen LogP contribution in [0.5, 0.6) is 0 Å². The first-order valence-corrected chi connectivity index (χ1v) is 6.75. The molecule has 0 N–H and O–H groups in total. The lowest BCUT2D eigenvalue weighted by atomic mass is 10.3. The van der Waals surface area contributed by atoms with E-state index in [4.69, 9.17) is 28.5 Å². The summed E-state index contributed by atoms with van der Waals surface area (Å²) in [5, 5.41) is 7.48. The third kappa shape index (κ3) is 2.29. The summed E-state index contributed by atoms with van der Waals surface area (Å²) in [5.41, 5.74) is 0.0806. The Hall–Kier alpha value is -0.830. The highest BCUT2D eigenvalue weighted by Gasteiger charge is 2.27. The minimum atomic E-state index is -3.68. The maximum absolute atomic E-state index is 11.9. The van der Waals surface area contributed by atoms with Crippen LogP contribution in [0.1, 0.15) is 12.5 Å². The van der Waals surface area contributed by atoms with Crippen LogP contribution in [0.2, 0.25) is 5.02 Å². The fourth-order valence-electron chi connectivity index (χ4n) is 0.983. The van der Waals surface area contributed by atoms with Gasteiger partial charge >= 0.3 is 0 Å². The molecule has 4 nitrogen and oxygen atoms in total. The van der Waals surface area contributed by atoms with Gasteiger partial charge in [-0.1, -0.05) is 11.6 Å². The molecular weight excluding hydrogens is 271 g/mol. The largest absolute Gasteiger partial charge is 0.243 e. The maximum atomic E-state index is 11.9. The van der Waals surface area contributed by atoms with Crippen molar-refractivity contribution in [2.45, 2.75) is 17.2 Å². The van der Waals surface area contributed by atoms with Gasteiger partial charge in [-0.25, -0.2) is 13.4 Å². The fraction of sp³-hybridized carbons (Fsp3) is 0.333. The normalized spacial score (nSPS) is 13.1. The maximum Gasteiger partial charge on any atom is 0.200 e. The van der Waals surface area contributed by atoms with Gasteiger partial charge in [0, 0.05) is 12.1 Å². The molecule has 16 heavy (non-hydrogen) atoms. The van der Waals surface area contributed by atoms with Gasteiger partial charge in [0.15, 0.2) is 5.03 Å². The second kappa shape index (κ2) is 5.00. The highest BCUT2D eigenvalue weighted by atomic mass is 35.5. The molecule has 0 bridgehead atoms. The van der Waals surface area contributed by atoms with E-state index in [-0.39, 0.29) is 21.5 Å². The highest BCUT2D eigenvalue weighted by Crippen LogP contribution is 2.25. The smallest absolute Gasteiger partial charge is 0.200 e. The molecule has 0 saturated carbocycles. The first-order valence-electron chi connectivity index (χ1n) is 4.29. The van der Waals surface area contributed by atoms with E-state index in [2.05, 4.69) is 4.98 Å². The van der Waals surface area contributed by atoms with Gasteiger partial charge in [0.1, 0.15) is 6.07 Å². The number of hydrogen-bond donors (Lipinski definition) is 0. The molecule has 7 heteroatoms. The van der Waals surface area contributed by atoms with Crippen molar-refractivity contribution < 1.29 is 8.42 Å². The summed E-state index contributed by atoms with van der Waals surface area (Å²) in [6.45, 7) is 1.46. The quantitative estimate of drug-likeness (QED) is 0.793. The van der Waals surface area contributed by atoms with E-state index in [0.29, 0.717) is 0 Å². The van der Waals surface area contributed by atoms with Gasteiger partial charge in [0.05, 0.1) is 15.8 Å². The van der Waals surface area contributed by atoms with Gasteiger partial charge in [-0.15, -0.1) is 11.6 Å². The summed E-state index contributed by atoms with van der Waals surface area (Å²) >= 11 is 11.3. The standard InChI is InChI=1S/C9H8Cl2N2O2S/c1-6(4-10)16(14,15)9-8(11)7(5-12)2-3-13-9/h2-3,6H,4H2,1H3. The Morgan fingerprint density at radius 1 is 1.62 bits per heavy atom. The molecule has 1 heterocycles. The number of sulfone groups is 1. The van der Waals surface area contributed by atoms with Crippen LogP contribution in [0.25, 0.3) is 0 Å². The van der Waals surface area contributed by atoms with E-state index in [1.54, 1.807) is 6.07 Å². The minimum absolute atomic E-state index is 0.0584. The predicted octanol–water partition coefficient (Wildman–Crippen LogP) is 2.01. The van der Waals surface area contributed by atoms with Crippen LogP contribution in [-0.2, 0) is 9.84 Å². The van der Waals surface area contributed by atoms with Crippen molar-refractivity contribution in [1.29, 1.82) is 5.26 Å². The number of hydrogen-bond acceptors (Lipinski definition) is 4. The lowest BCUT2D eigenvalue weighted by Gasteiger charge is -2.10. The van der Waals surface area contributed by atoms with Crippen LogP contribution in [0, 0.1) is 11.3 Å². The Labute approximate surface area is 104 Å². The Morgan fingerprint density at radius 3 is 2.75 bits per heavy atom. The molecule has 1 aromatic rings. The van der Waals surface area contributed by atoms with Gasteiger partial charge in [-0.3, -0.25) is 0 Å². The Kier molecular flexibility index (Phi) is 4.14. The Bertz CT molecular complexity index is 537. The summed E-state index contributed by atoms with van der Waals surface area (Å²) < 4.78 is 23.8. The summed E-state index contributed by atoms with van der Waals surface area (Å²) in [6, 6.07) is 3.15. The van der Waals surface area contributed by atoms with Crippen molar-refractivity contribution in [1.82, 2.24) is 4.98 Å². The zero-order valence-electron chi connectivity index (χ0n) is 8.31. The molecule has 1 rings (SSSR count).